The second-order valence-corrected chi connectivity index (χ2v) is 6.21. The third kappa shape index (κ3) is 2.96. The van der Waals surface area contributed by atoms with Crippen molar-refractivity contribution in [1.82, 2.24) is 0 Å². The van der Waals surface area contributed by atoms with Gasteiger partial charge in [-0.3, -0.25) is 10.1 Å². The Balaban J connectivity index is 2.14. The molecular formula is C13H18N2O2S. The molecule has 0 aromatic heterocycles. The molecule has 0 bridgehead atoms. The lowest BCUT2D eigenvalue weighted by Crippen LogP contribution is -2.32. The highest BCUT2D eigenvalue weighted by molar-refractivity contribution is 8.00. The van der Waals surface area contributed by atoms with E-state index in [-0.39, 0.29) is 10.6 Å². The van der Waals surface area contributed by atoms with Crippen molar-refractivity contribution in [2.75, 3.05) is 11.1 Å². The van der Waals surface area contributed by atoms with Gasteiger partial charge >= 0.3 is 0 Å². The van der Waals surface area contributed by atoms with E-state index >= 15 is 0 Å². The van der Waals surface area contributed by atoms with Crippen LogP contribution < -0.4 is 5.32 Å². The lowest BCUT2D eigenvalue weighted by atomic mass is 10.1. The van der Waals surface area contributed by atoms with Crippen LogP contribution in [-0.2, 0) is 0 Å². The highest BCUT2D eigenvalue weighted by atomic mass is 32.2. The number of rotatable bonds is 3. The minimum atomic E-state index is -0.320. The summed E-state index contributed by atoms with van der Waals surface area (Å²) in [6.07, 6.45) is 2.34. The van der Waals surface area contributed by atoms with E-state index in [1.807, 2.05) is 17.8 Å². The monoisotopic (exact) mass is 266 g/mol. The fourth-order valence-corrected chi connectivity index (χ4v) is 3.36. The molecule has 1 aliphatic heterocycles. The average Bonchev–Trinajstić information content (AvgIpc) is 2.34. The van der Waals surface area contributed by atoms with E-state index in [4.69, 9.17) is 0 Å². The first-order valence-corrected chi connectivity index (χ1v) is 7.26. The van der Waals surface area contributed by atoms with Gasteiger partial charge in [0.25, 0.3) is 5.69 Å². The van der Waals surface area contributed by atoms with Crippen LogP contribution in [0, 0.1) is 17.0 Å². The smallest absolute Gasteiger partial charge is 0.274 e. The number of nitro groups is 1. The number of anilines is 1. The van der Waals surface area contributed by atoms with E-state index in [1.165, 1.54) is 12.2 Å². The molecule has 4 nitrogen and oxygen atoms in total. The van der Waals surface area contributed by atoms with Gasteiger partial charge in [0.05, 0.1) is 4.92 Å². The van der Waals surface area contributed by atoms with E-state index in [0.717, 1.165) is 12.1 Å². The normalized spacial score (nSPS) is 23.7. The van der Waals surface area contributed by atoms with Crippen LogP contribution in [0.15, 0.2) is 18.2 Å². The third-order valence-corrected chi connectivity index (χ3v) is 4.74. The molecule has 1 aromatic carbocycles. The van der Waals surface area contributed by atoms with Crippen LogP contribution in [0.3, 0.4) is 0 Å². The zero-order valence-corrected chi connectivity index (χ0v) is 11.5. The maximum absolute atomic E-state index is 10.9. The van der Waals surface area contributed by atoms with Gasteiger partial charge in [-0.15, -0.1) is 0 Å². The summed E-state index contributed by atoms with van der Waals surface area (Å²) >= 11 is 1.96. The van der Waals surface area contributed by atoms with Crippen LogP contribution in [0.25, 0.3) is 0 Å². The first-order chi connectivity index (χ1) is 8.58. The second kappa shape index (κ2) is 5.61. The molecule has 5 heteroatoms. The molecule has 1 aromatic rings. The van der Waals surface area contributed by atoms with Gasteiger partial charge < -0.3 is 5.32 Å². The van der Waals surface area contributed by atoms with Gasteiger partial charge in [0.15, 0.2) is 0 Å². The van der Waals surface area contributed by atoms with Gasteiger partial charge in [-0.25, -0.2) is 0 Å². The SMILES string of the molecule is Cc1ccc(NC2CCCSC2C)cc1[N+](=O)[O-]. The first kappa shape index (κ1) is 13.2. The predicted molar refractivity (Wildman–Crippen MR) is 76.4 cm³/mol. The molecule has 18 heavy (non-hydrogen) atoms. The zero-order chi connectivity index (χ0) is 13.1. The van der Waals surface area contributed by atoms with Crippen molar-refractivity contribution >= 4 is 23.1 Å². The van der Waals surface area contributed by atoms with Crippen molar-refractivity contribution in [3.63, 3.8) is 0 Å². The number of nitro benzene ring substituents is 1. The molecule has 2 unspecified atom stereocenters. The van der Waals surface area contributed by atoms with Crippen molar-refractivity contribution in [3.8, 4) is 0 Å². The van der Waals surface area contributed by atoms with Gasteiger partial charge in [0.1, 0.15) is 0 Å². The number of hydrogen-bond donors (Lipinski definition) is 1. The van der Waals surface area contributed by atoms with Crippen LogP contribution in [0.1, 0.15) is 25.3 Å². The Morgan fingerprint density at radius 3 is 2.94 bits per heavy atom. The maximum Gasteiger partial charge on any atom is 0.274 e. The average molecular weight is 266 g/mol. The van der Waals surface area contributed by atoms with Crippen LogP contribution >= 0.6 is 11.8 Å². The molecule has 98 valence electrons. The van der Waals surface area contributed by atoms with Crippen molar-refractivity contribution in [1.29, 1.82) is 0 Å². The lowest BCUT2D eigenvalue weighted by molar-refractivity contribution is -0.385. The molecule has 1 N–H and O–H groups in total. The highest BCUT2D eigenvalue weighted by Gasteiger charge is 2.22. The Labute approximate surface area is 111 Å². The highest BCUT2D eigenvalue weighted by Crippen LogP contribution is 2.29. The molecule has 0 aliphatic carbocycles. The number of nitrogens with one attached hydrogen (secondary N) is 1. The lowest BCUT2D eigenvalue weighted by Gasteiger charge is -2.29. The quantitative estimate of drug-likeness (QED) is 0.671. The Hall–Kier alpha value is -1.23. The summed E-state index contributed by atoms with van der Waals surface area (Å²) in [5.74, 6) is 1.22. The molecule has 0 radical (unpaired) electrons. The van der Waals surface area contributed by atoms with Crippen LogP contribution in [0.4, 0.5) is 11.4 Å². The zero-order valence-electron chi connectivity index (χ0n) is 10.7. The predicted octanol–water partition coefficient (Wildman–Crippen LogP) is 3.60. The number of hydrogen-bond acceptors (Lipinski definition) is 4. The van der Waals surface area contributed by atoms with Crippen molar-refractivity contribution < 1.29 is 4.92 Å². The molecule has 0 amide bonds. The molecule has 2 atom stereocenters. The maximum atomic E-state index is 10.9. The summed E-state index contributed by atoms with van der Waals surface area (Å²) in [6.45, 7) is 3.98. The van der Waals surface area contributed by atoms with Gasteiger partial charge in [0, 0.05) is 28.6 Å². The standard InChI is InChI=1S/C13H18N2O2S/c1-9-5-6-11(8-13(9)15(16)17)14-12-4-3-7-18-10(12)2/h5-6,8,10,12,14H,3-4,7H2,1-2H3. The molecule has 1 fully saturated rings. The number of benzene rings is 1. The summed E-state index contributed by atoms with van der Waals surface area (Å²) in [7, 11) is 0. The summed E-state index contributed by atoms with van der Waals surface area (Å²) in [5.41, 5.74) is 1.75. The Morgan fingerprint density at radius 2 is 2.28 bits per heavy atom. The van der Waals surface area contributed by atoms with E-state index in [1.54, 1.807) is 19.1 Å². The Bertz CT molecular complexity index is 451. The molecular weight excluding hydrogens is 248 g/mol. The summed E-state index contributed by atoms with van der Waals surface area (Å²) in [4.78, 5) is 10.6. The summed E-state index contributed by atoms with van der Waals surface area (Å²) in [5, 5.41) is 14.9. The topological polar surface area (TPSA) is 55.2 Å². The van der Waals surface area contributed by atoms with Gasteiger partial charge in [-0.2, -0.15) is 11.8 Å². The molecule has 1 saturated heterocycles. The molecule has 1 aliphatic rings. The van der Waals surface area contributed by atoms with E-state index < -0.39 is 0 Å². The van der Waals surface area contributed by atoms with E-state index in [9.17, 15) is 10.1 Å². The van der Waals surface area contributed by atoms with Crippen molar-refractivity contribution in [2.45, 2.75) is 38.0 Å². The van der Waals surface area contributed by atoms with Crippen LogP contribution in [0.5, 0.6) is 0 Å². The third-order valence-electron chi connectivity index (χ3n) is 3.36. The fraction of sp³-hybridized carbons (Fsp3) is 0.538. The Morgan fingerprint density at radius 1 is 1.50 bits per heavy atom. The van der Waals surface area contributed by atoms with Crippen molar-refractivity contribution in [3.05, 3.63) is 33.9 Å². The van der Waals surface area contributed by atoms with Crippen LogP contribution in [-0.4, -0.2) is 22.0 Å². The minimum Gasteiger partial charge on any atom is -0.381 e. The minimum absolute atomic E-state index is 0.191. The largest absolute Gasteiger partial charge is 0.381 e. The first-order valence-electron chi connectivity index (χ1n) is 6.21. The molecule has 1 heterocycles. The van der Waals surface area contributed by atoms with Gasteiger partial charge in [-0.1, -0.05) is 13.0 Å². The fourth-order valence-electron chi connectivity index (χ4n) is 2.22. The summed E-state index contributed by atoms with van der Waals surface area (Å²) < 4.78 is 0. The van der Waals surface area contributed by atoms with E-state index in [2.05, 4.69) is 12.2 Å². The summed E-state index contributed by atoms with van der Waals surface area (Å²) in [6, 6.07) is 5.78. The molecule has 0 saturated carbocycles. The molecule has 0 spiro atoms. The van der Waals surface area contributed by atoms with Gasteiger partial charge in [-0.05, 0) is 31.6 Å². The molecule has 2 rings (SSSR count). The Kier molecular flexibility index (Phi) is 4.11. The van der Waals surface area contributed by atoms with Crippen molar-refractivity contribution in [2.24, 2.45) is 0 Å². The second-order valence-electron chi connectivity index (χ2n) is 4.73. The van der Waals surface area contributed by atoms with Crippen LogP contribution in [0.2, 0.25) is 0 Å². The number of nitrogens with zero attached hydrogens (tertiary/aromatic N) is 1. The number of aryl methyl sites for hydroxylation is 1. The van der Waals surface area contributed by atoms with Gasteiger partial charge in [0.2, 0.25) is 0 Å². The van der Waals surface area contributed by atoms with E-state index in [0.29, 0.717) is 16.9 Å². The number of thioether (sulfide) groups is 1.